The van der Waals surface area contributed by atoms with Gasteiger partial charge in [-0.15, -0.1) is 0 Å². The predicted molar refractivity (Wildman–Crippen MR) is 109 cm³/mol. The van der Waals surface area contributed by atoms with E-state index in [2.05, 4.69) is 4.72 Å². The summed E-state index contributed by atoms with van der Waals surface area (Å²) >= 11 is 19.3. The lowest BCUT2D eigenvalue weighted by Crippen LogP contribution is -2.14. The van der Waals surface area contributed by atoms with Crippen LogP contribution in [0.2, 0.25) is 15.1 Å². The van der Waals surface area contributed by atoms with Gasteiger partial charge in [-0.3, -0.25) is 4.72 Å². The van der Waals surface area contributed by atoms with Gasteiger partial charge in [0.1, 0.15) is 4.90 Å². The number of halogens is 3. The molecule has 0 aliphatic rings. The summed E-state index contributed by atoms with van der Waals surface area (Å²) in [5, 5.41) is 0.305. The molecule has 8 heteroatoms. The molecule has 3 nitrogen and oxygen atoms in total. The van der Waals surface area contributed by atoms with Gasteiger partial charge in [-0.1, -0.05) is 76.9 Å². The van der Waals surface area contributed by atoms with Crippen molar-refractivity contribution in [2.75, 3.05) is 4.72 Å². The number of nitrogens with one attached hydrogen (secondary N) is 1. The van der Waals surface area contributed by atoms with Crippen LogP contribution in [0, 0.1) is 0 Å². The highest BCUT2D eigenvalue weighted by Gasteiger charge is 2.21. The fraction of sp³-hybridized carbons (Fsp3) is 0. The molecule has 0 aromatic heterocycles. The van der Waals surface area contributed by atoms with Crippen LogP contribution in [0.4, 0.5) is 5.69 Å². The molecule has 134 valence electrons. The van der Waals surface area contributed by atoms with Crippen molar-refractivity contribution in [1.29, 1.82) is 0 Å². The Morgan fingerprint density at radius 1 is 0.769 bits per heavy atom. The zero-order valence-electron chi connectivity index (χ0n) is 13.1. The zero-order valence-corrected chi connectivity index (χ0v) is 17.0. The van der Waals surface area contributed by atoms with Crippen molar-refractivity contribution < 1.29 is 8.42 Å². The van der Waals surface area contributed by atoms with Crippen LogP contribution in [-0.4, -0.2) is 8.42 Å². The molecule has 1 N–H and O–H groups in total. The molecular weight excluding hydrogens is 433 g/mol. The first-order valence-corrected chi connectivity index (χ1v) is 10.8. The monoisotopic (exact) mass is 443 g/mol. The Kier molecular flexibility index (Phi) is 6.05. The van der Waals surface area contributed by atoms with Crippen molar-refractivity contribution in [3.05, 3.63) is 81.8 Å². The summed E-state index contributed by atoms with van der Waals surface area (Å²) < 4.78 is 28.1. The summed E-state index contributed by atoms with van der Waals surface area (Å²) in [6.07, 6.45) is 0. The van der Waals surface area contributed by atoms with Crippen molar-refractivity contribution >= 4 is 62.3 Å². The molecule has 0 unspecified atom stereocenters. The second-order valence-corrected chi connectivity index (χ2v) is 9.20. The van der Waals surface area contributed by atoms with Gasteiger partial charge < -0.3 is 0 Å². The third-order valence-corrected chi connectivity index (χ3v) is 7.00. The molecule has 0 aliphatic carbocycles. The van der Waals surface area contributed by atoms with Gasteiger partial charge in [-0.2, -0.15) is 0 Å². The van der Waals surface area contributed by atoms with E-state index in [-0.39, 0.29) is 20.0 Å². The van der Waals surface area contributed by atoms with E-state index >= 15 is 0 Å². The highest BCUT2D eigenvalue weighted by Crippen LogP contribution is 2.36. The summed E-state index contributed by atoms with van der Waals surface area (Å²) in [5.41, 5.74) is 0.448. The number of rotatable bonds is 5. The Hall–Kier alpha value is -1.37. The third-order valence-electron chi connectivity index (χ3n) is 3.37. The minimum absolute atomic E-state index is 0.0000866. The van der Waals surface area contributed by atoms with Crippen LogP contribution >= 0.6 is 46.6 Å². The fourth-order valence-corrected chi connectivity index (χ4v) is 5.24. The molecule has 0 aliphatic heterocycles. The van der Waals surface area contributed by atoms with Crippen molar-refractivity contribution in [2.24, 2.45) is 0 Å². The van der Waals surface area contributed by atoms with Crippen molar-refractivity contribution in [3.8, 4) is 0 Å². The molecule has 0 amide bonds. The highest BCUT2D eigenvalue weighted by molar-refractivity contribution is 7.99. The Balaban J connectivity index is 1.95. The Labute approximate surface area is 171 Å². The lowest BCUT2D eigenvalue weighted by molar-refractivity contribution is 0.601. The third kappa shape index (κ3) is 4.48. The number of hydrogen-bond donors (Lipinski definition) is 1. The van der Waals surface area contributed by atoms with E-state index in [9.17, 15) is 8.42 Å². The van der Waals surface area contributed by atoms with Crippen molar-refractivity contribution in [2.45, 2.75) is 14.7 Å². The van der Waals surface area contributed by atoms with Gasteiger partial charge in [0.15, 0.2) is 0 Å². The standard InChI is InChI=1S/C18H12Cl3NO2S2/c19-13-10-15(21)18(11-14(13)20)26(23,24)22-16-8-4-5-9-17(16)25-12-6-2-1-3-7-12/h1-11,22H. The first-order chi connectivity index (χ1) is 12.4. The second-order valence-electron chi connectivity index (χ2n) is 5.21. The molecule has 3 aromatic carbocycles. The van der Waals surface area contributed by atoms with Crippen LogP contribution in [0.15, 0.2) is 81.4 Å². The van der Waals surface area contributed by atoms with Crippen LogP contribution in [0.1, 0.15) is 0 Å². The smallest absolute Gasteiger partial charge is 0.263 e. The van der Waals surface area contributed by atoms with E-state index in [1.165, 1.54) is 23.9 Å². The van der Waals surface area contributed by atoms with E-state index in [1.54, 1.807) is 12.1 Å². The van der Waals surface area contributed by atoms with Crippen LogP contribution in [-0.2, 0) is 10.0 Å². The average molecular weight is 445 g/mol. The minimum Gasteiger partial charge on any atom is -0.278 e. The normalized spacial score (nSPS) is 11.3. The van der Waals surface area contributed by atoms with Crippen LogP contribution in [0.3, 0.4) is 0 Å². The molecular formula is C18H12Cl3NO2S2. The maximum absolute atomic E-state index is 12.8. The molecule has 0 saturated heterocycles. The topological polar surface area (TPSA) is 46.2 Å². The van der Waals surface area contributed by atoms with E-state index in [4.69, 9.17) is 34.8 Å². The number of sulfonamides is 1. The number of benzene rings is 3. The molecule has 0 atom stereocenters. The maximum Gasteiger partial charge on any atom is 0.263 e. The molecule has 0 bridgehead atoms. The van der Waals surface area contributed by atoms with Crippen molar-refractivity contribution in [1.82, 2.24) is 0 Å². The van der Waals surface area contributed by atoms with Gasteiger partial charge in [0.05, 0.1) is 20.8 Å². The van der Waals surface area contributed by atoms with Crippen molar-refractivity contribution in [3.63, 3.8) is 0 Å². The van der Waals surface area contributed by atoms with Gasteiger partial charge in [0, 0.05) is 9.79 Å². The number of hydrogen-bond acceptors (Lipinski definition) is 3. The maximum atomic E-state index is 12.8. The largest absolute Gasteiger partial charge is 0.278 e. The van der Waals surface area contributed by atoms with E-state index in [1.807, 2.05) is 42.5 Å². The first kappa shape index (κ1) is 19.4. The van der Waals surface area contributed by atoms with Crippen LogP contribution in [0.5, 0.6) is 0 Å². The van der Waals surface area contributed by atoms with Gasteiger partial charge in [0.25, 0.3) is 10.0 Å². The molecule has 26 heavy (non-hydrogen) atoms. The Morgan fingerprint density at radius 3 is 2.12 bits per heavy atom. The first-order valence-electron chi connectivity index (χ1n) is 7.36. The molecule has 3 aromatic rings. The molecule has 0 fully saturated rings. The average Bonchev–Trinajstić information content (AvgIpc) is 2.60. The predicted octanol–water partition coefficient (Wildman–Crippen LogP) is 6.60. The Morgan fingerprint density at radius 2 is 1.38 bits per heavy atom. The number of para-hydroxylation sites is 1. The fourth-order valence-electron chi connectivity index (χ4n) is 2.17. The van der Waals surface area contributed by atoms with Gasteiger partial charge in [-0.25, -0.2) is 8.42 Å². The molecule has 0 saturated carbocycles. The van der Waals surface area contributed by atoms with E-state index in [0.717, 1.165) is 9.79 Å². The quantitative estimate of drug-likeness (QED) is 0.451. The molecule has 0 heterocycles. The second kappa shape index (κ2) is 8.11. The lowest BCUT2D eigenvalue weighted by Gasteiger charge is -2.13. The van der Waals surface area contributed by atoms with Crippen LogP contribution in [0.25, 0.3) is 0 Å². The van der Waals surface area contributed by atoms with Gasteiger partial charge >= 0.3 is 0 Å². The summed E-state index contributed by atoms with van der Waals surface area (Å²) in [7, 11) is -3.94. The van der Waals surface area contributed by atoms with Gasteiger partial charge in [0.2, 0.25) is 0 Å². The zero-order chi connectivity index (χ0) is 18.7. The molecule has 0 radical (unpaired) electrons. The molecule has 0 spiro atoms. The van der Waals surface area contributed by atoms with Crippen LogP contribution < -0.4 is 4.72 Å². The minimum atomic E-state index is -3.94. The van der Waals surface area contributed by atoms with E-state index in [0.29, 0.717) is 5.69 Å². The Bertz CT molecular complexity index is 1040. The summed E-state index contributed by atoms with van der Waals surface area (Å²) in [5.74, 6) is 0. The lowest BCUT2D eigenvalue weighted by atomic mass is 10.3. The van der Waals surface area contributed by atoms with Gasteiger partial charge in [-0.05, 0) is 36.4 Å². The highest BCUT2D eigenvalue weighted by atomic mass is 35.5. The van der Waals surface area contributed by atoms with E-state index < -0.39 is 10.0 Å². The SMILES string of the molecule is O=S(=O)(Nc1ccccc1Sc1ccccc1)c1cc(Cl)c(Cl)cc1Cl. The number of anilines is 1. The summed E-state index contributed by atoms with van der Waals surface area (Å²) in [6, 6.07) is 19.3. The molecule has 3 rings (SSSR count). The summed E-state index contributed by atoms with van der Waals surface area (Å²) in [6.45, 7) is 0. The summed E-state index contributed by atoms with van der Waals surface area (Å²) in [4.78, 5) is 1.62.